The third kappa shape index (κ3) is 3.07. The van der Waals surface area contributed by atoms with Gasteiger partial charge in [-0.1, -0.05) is 60.7 Å². The summed E-state index contributed by atoms with van der Waals surface area (Å²) in [6.45, 7) is 0. The average molecular weight is 407 g/mol. The second kappa shape index (κ2) is 7.42. The van der Waals surface area contributed by atoms with Gasteiger partial charge in [-0.3, -0.25) is 0 Å². The largest absolute Gasteiger partial charge is 0.438 e. The number of nitrogens with zero attached hydrogens (tertiary/aromatic N) is 1. The molecule has 31 heavy (non-hydrogen) atoms. The molecule has 2 heterocycles. The molecule has 1 aliphatic heterocycles. The molecule has 3 aliphatic rings. The zero-order chi connectivity index (χ0) is 20.8. The Bertz CT molecular complexity index is 1210. The van der Waals surface area contributed by atoms with Crippen LogP contribution in [0.2, 0.25) is 0 Å². The first-order chi connectivity index (χ1) is 15.3. The highest BCUT2D eigenvalue weighted by atomic mass is 16.5. The number of allylic oxidation sites excluding steroid dienone is 2. The number of ether oxygens (including phenoxy) is 1. The molecule has 6 rings (SSSR count). The fourth-order valence-electron chi connectivity index (χ4n) is 5.40. The number of aromatic nitrogens is 1. The number of fused-ring (bicyclic) bond motifs is 2. The Hall–Kier alpha value is -3.33. The lowest BCUT2D eigenvalue weighted by molar-refractivity contribution is 0.393. The van der Waals surface area contributed by atoms with Gasteiger partial charge in [0.15, 0.2) is 0 Å². The van der Waals surface area contributed by atoms with Crippen LogP contribution in [0.3, 0.4) is 0 Å². The quantitative estimate of drug-likeness (QED) is 0.551. The normalized spacial score (nSPS) is 20.8. The molecule has 2 N–H and O–H groups in total. The third-order valence-corrected chi connectivity index (χ3v) is 6.88. The topological polar surface area (TPSA) is 48.1 Å². The number of aryl methyl sites for hydroxylation is 1. The highest BCUT2D eigenvalue weighted by Crippen LogP contribution is 2.53. The number of rotatable bonds is 2. The van der Waals surface area contributed by atoms with E-state index < -0.39 is 0 Å². The van der Waals surface area contributed by atoms with E-state index in [4.69, 9.17) is 15.5 Å². The number of nitrogens with two attached hydrogens (primary N) is 1. The molecule has 0 fully saturated rings. The number of nitrogen functional groups attached to an aromatic ring is 1. The molecule has 3 nitrogen and oxygen atoms in total. The summed E-state index contributed by atoms with van der Waals surface area (Å²) in [6.07, 6.45) is 8.61. The number of benzene rings is 2. The van der Waals surface area contributed by atoms with E-state index in [1.807, 2.05) is 0 Å². The summed E-state index contributed by atoms with van der Waals surface area (Å²) in [4.78, 5) is 5.03. The van der Waals surface area contributed by atoms with Gasteiger partial charge >= 0.3 is 0 Å². The summed E-state index contributed by atoms with van der Waals surface area (Å²) in [7, 11) is 0. The lowest BCUT2D eigenvalue weighted by atomic mass is 9.80. The molecule has 1 unspecified atom stereocenters. The summed E-state index contributed by atoms with van der Waals surface area (Å²) >= 11 is 0. The second-order valence-electron chi connectivity index (χ2n) is 8.76. The molecular weight excluding hydrogens is 380 g/mol. The summed E-state index contributed by atoms with van der Waals surface area (Å²) in [6, 6.07) is 21.2. The molecule has 3 aromatic rings. The predicted octanol–water partition coefficient (Wildman–Crippen LogP) is 6.20. The molecule has 154 valence electrons. The van der Waals surface area contributed by atoms with Gasteiger partial charge in [-0.2, -0.15) is 0 Å². The van der Waals surface area contributed by atoms with Crippen molar-refractivity contribution in [1.29, 1.82) is 0 Å². The Morgan fingerprint density at radius 1 is 0.871 bits per heavy atom. The Morgan fingerprint density at radius 3 is 2.42 bits per heavy atom. The van der Waals surface area contributed by atoms with Crippen LogP contribution in [0.5, 0.6) is 5.88 Å². The number of anilines is 1. The van der Waals surface area contributed by atoms with Gasteiger partial charge in [-0.05, 0) is 72.4 Å². The fraction of sp³-hybridized carbons (Fsp3) is 0.250. The van der Waals surface area contributed by atoms with E-state index >= 15 is 0 Å². The molecule has 1 aromatic heterocycles. The Balaban J connectivity index is 1.54. The maximum absolute atomic E-state index is 6.84. The van der Waals surface area contributed by atoms with E-state index in [9.17, 15) is 0 Å². The maximum atomic E-state index is 6.84. The van der Waals surface area contributed by atoms with Crippen LogP contribution < -0.4 is 10.5 Å². The van der Waals surface area contributed by atoms with Crippen LogP contribution in [0, 0.1) is 0 Å². The van der Waals surface area contributed by atoms with Crippen LogP contribution >= 0.6 is 0 Å². The minimum atomic E-state index is 0.112. The van der Waals surface area contributed by atoms with Gasteiger partial charge in [0.05, 0.1) is 0 Å². The molecule has 0 radical (unpaired) electrons. The van der Waals surface area contributed by atoms with Crippen molar-refractivity contribution in [3.8, 4) is 5.88 Å². The molecular formula is C28H26N2O. The molecule has 0 saturated carbocycles. The zero-order valence-corrected chi connectivity index (χ0v) is 17.6. The lowest BCUT2D eigenvalue weighted by Crippen LogP contribution is -2.21. The molecule has 0 amide bonds. The van der Waals surface area contributed by atoms with Crippen LogP contribution in [0.15, 0.2) is 77.6 Å². The number of hydrogen-bond donors (Lipinski definition) is 1. The molecule has 3 heteroatoms. The van der Waals surface area contributed by atoms with Crippen molar-refractivity contribution < 1.29 is 4.74 Å². The summed E-state index contributed by atoms with van der Waals surface area (Å²) in [5.41, 5.74) is 16.3. The van der Waals surface area contributed by atoms with Crippen LogP contribution in [0.4, 0.5) is 5.69 Å². The Kier molecular flexibility index (Phi) is 4.41. The Labute approximate surface area is 183 Å². The van der Waals surface area contributed by atoms with Crippen LogP contribution in [-0.2, 0) is 12.8 Å². The first kappa shape index (κ1) is 18.4. The summed E-state index contributed by atoms with van der Waals surface area (Å²) in [5, 5.41) is 0. The van der Waals surface area contributed by atoms with Crippen LogP contribution in [-0.4, -0.2) is 4.98 Å². The van der Waals surface area contributed by atoms with Crippen molar-refractivity contribution in [2.75, 3.05) is 5.73 Å². The Morgan fingerprint density at radius 2 is 1.61 bits per heavy atom. The zero-order valence-electron chi connectivity index (χ0n) is 17.6. The van der Waals surface area contributed by atoms with Crippen LogP contribution in [0.25, 0.3) is 6.08 Å². The monoisotopic (exact) mass is 406 g/mol. The first-order valence-corrected chi connectivity index (χ1v) is 11.3. The average Bonchev–Trinajstić information content (AvgIpc) is 3.21. The summed E-state index contributed by atoms with van der Waals surface area (Å²) < 4.78 is 6.56. The standard InChI is InChI=1S/C28H26N2O/c29-26-21-13-7-8-14-23(21)30-28-25(26)24(19-11-5-2-6-12-19)22-16-15-20(27(22)31-28)17-18-9-3-1-4-10-18/h1-6,9-12,17,24H,7-8,13-16H2,(H2,29,30)/b20-17+. The molecule has 2 aliphatic carbocycles. The van der Waals surface area contributed by atoms with Crippen molar-refractivity contribution in [1.82, 2.24) is 4.98 Å². The van der Waals surface area contributed by atoms with E-state index in [1.54, 1.807) is 0 Å². The van der Waals surface area contributed by atoms with Gasteiger partial charge in [-0.15, -0.1) is 0 Å². The van der Waals surface area contributed by atoms with Gasteiger partial charge in [-0.25, -0.2) is 4.98 Å². The molecule has 1 atom stereocenters. The number of pyridine rings is 1. The fourth-order valence-corrected chi connectivity index (χ4v) is 5.40. The van der Waals surface area contributed by atoms with E-state index in [1.165, 1.54) is 40.7 Å². The highest BCUT2D eigenvalue weighted by Gasteiger charge is 2.39. The van der Waals surface area contributed by atoms with Gasteiger partial charge < -0.3 is 10.5 Å². The maximum Gasteiger partial charge on any atom is 0.225 e. The van der Waals surface area contributed by atoms with Crippen molar-refractivity contribution in [2.24, 2.45) is 0 Å². The molecule has 0 spiro atoms. The van der Waals surface area contributed by atoms with E-state index in [-0.39, 0.29) is 5.92 Å². The van der Waals surface area contributed by atoms with Gasteiger partial charge in [0.2, 0.25) is 5.88 Å². The predicted molar refractivity (Wildman–Crippen MR) is 125 cm³/mol. The first-order valence-electron chi connectivity index (χ1n) is 11.3. The lowest BCUT2D eigenvalue weighted by Gasteiger charge is -2.31. The smallest absolute Gasteiger partial charge is 0.225 e. The van der Waals surface area contributed by atoms with Gasteiger partial charge in [0.1, 0.15) is 5.76 Å². The minimum absolute atomic E-state index is 0.112. The van der Waals surface area contributed by atoms with Gasteiger partial charge in [0.25, 0.3) is 0 Å². The molecule has 0 bridgehead atoms. The van der Waals surface area contributed by atoms with Crippen molar-refractivity contribution >= 4 is 11.8 Å². The summed E-state index contributed by atoms with van der Waals surface area (Å²) in [5.74, 6) is 1.83. The van der Waals surface area contributed by atoms with E-state index in [0.29, 0.717) is 5.88 Å². The SMILES string of the molecule is Nc1c2c(nc3c1C(c1ccccc1)C1=C(O3)/C(=C/c3ccccc3)CC1)CCCC2. The van der Waals surface area contributed by atoms with E-state index in [0.717, 1.165) is 48.4 Å². The third-order valence-electron chi connectivity index (χ3n) is 6.88. The van der Waals surface area contributed by atoms with Crippen molar-refractivity contribution in [2.45, 2.75) is 44.4 Å². The van der Waals surface area contributed by atoms with E-state index in [2.05, 4.69) is 66.7 Å². The molecule has 0 saturated heterocycles. The van der Waals surface area contributed by atoms with Crippen LogP contribution in [0.1, 0.15) is 59.5 Å². The van der Waals surface area contributed by atoms with Crippen molar-refractivity contribution in [3.63, 3.8) is 0 Å². The molecule has 2 aromatic carbocycles. The minimum Gasteiger partial charge on any atom is -0.438 e. The second-order valence-corrected chi connectivity index (χ2v) is 8.76. The highest BCUT2D eigenvalue weighted by molar-refractivity contribution is 5.70. The number of hydrogen-bond acceptors (Lipinski definition) is 3. The van der Waals surface area contributed by atoms with Gasteiger partial charge in [0, 0.05) is 22.9 Å². The van der Waals surface area contributed by atoms with Crippen molar-refractivity contribution in [3.05, 3.63) is 106 Å².